The molecule has 1 aromatic carbocycles. The van der Waals surface area contributed by atoms with E-state index in [-0.39, 0.29) is 6.42 Å². The topological polar surface area (TPSA) is 77.2 Å². The SMILES string of the molecule is CCC(C(=O)c1ccc(C)cc1)S(N)(=O)=O. The van der Waals surface area contributed by atoms with Crippen molar-refractivity contribution in [3.8, 4) is 0 Å². The van der Waals surface area contributed by atoms with Crippen molar-refractivity contribution in [3.63, 3.8) is 0 Å². The van der Waals surface area contributed by atoms with Crippen molar-refractivity contribution in [3.05, 3.63) is 35.4 Å². The zero-order chi connectivity index (χ0) is 12.3. The Bertz CT molecular complexity index is 476. The largest absolute Gasteiger partial charge is 0.293 e. The van der Waals surface area contributed by atoms with Crippen molar-refractivity contribution < 1.29 is 13.2 Å². The van der Waals surface area contributed by atoms with Crippen molar-refractivity contribution in [2.45, 2.75) is 25.5 Å². The zero-order valence-electron chi connectivity index (χ0n) is 9.30. The van der Waals surface area contributed by atoms with Crippen LogP contribution in [0.25, 0.3) is 0 Å². The van der Waals surface area contributed by atoms with E-state index >= 15 is 0 Å². The van der Waals surface area contributed by atoms with Gasteiger partial charge >= 0.3 is 0 Å². The Morgan fingerprint density at radius 1 is 1.31 bits per heavy atom. The summed E-state index contributed by atoms with van der Waals surface area (Å²) in [7, 11) is -3.82. The van der Waals surface area contributed by atoms with Gasteiger partial charge in [0, 0.05) is 5.56 Å². The minimum atomic E-state index is -3.82. The Kier molecular flexibility index (Phi) is 3.83. The molecule has 16 heavy (non-hydrogen) atoms. The van der Waals surface area contributed by atoms with Crippen molar-refractivity contribution in [2.75, 3.05) is 0 Å². The molecule has 1 atom stereocenters. The van der Waals surface area contributed by atoms with Crippen LogP contribution in [0.5, 0.6) is 0 Å². The fourth-order valence-electron chi connectivity index (χ4n) is 1.47. The molecule has 0 aromatic heterocycles. The average Bonchev–Trinajstić information content (AvgIpc) is 2.17. The molecule has 0 aliphatic carbocycles. The molecule has 0 radical (unpaired) electrons. The van der Waals surface area contributed by atoms with Crippen molar-refractivity contribution in [1.29, 1.82) is 0 Å². The first-order valence-electron chi connectivity index (χ1n) is 4.98. The molecule has 1 aromatic rings. The molecule has 1 unspecified atom stereocenters. The van der Waals surface area contributed by atoms with Gasteiger partial charge in [-0.1, -0.05) is 36.8 Å². The molecule has 0 heterocycles. The van der Waals surface area contributed by atoms with E-state index in [1.165, 1.54) is 0 Å². The summed E-state index contributed by atoms with van der Waals surface area (Å²) in [5, 5.41) is 3.87. The second-order valence-electron chi connectivity index (χ2n) is 3.72. The van der Waals surface area contributed by atoms with E-state index in [9.17, 15) is 13.2 Å². The van der Waals surface area contributed by atoms with Crippen LogP contribution >= 0.6 is 0 Å². The predicted molar refractivity (Wildman–Crippen MR) is 62.7 cm³/mol. The molecule has 5 heteroatoms. The molecule has 4 nitrogen and oxygen atoms in total. The summed E-state index contributed by atoms with van der Waals surface area (Å²) < 4.78 is 22.4. The van der Waals surface area contributed by atoms with E-state index < -0.39 is 21.1 Å². The highest BCUT2D eigenvalue weighted by atomic mass is 32.2. The van der Waals surface area contributed by atoms with Crippen molar-refractivity contribution in [2.24, 2.45) is 5.14 Å². The molecule has 0 fully saturated rings. The van der Waals surface area contributed by atoms with Gasteiger partial charge < -0.3 is 0 Å². The first-order chi connectivity index (χ1) is 7.36. The molecule has 0 spiro atoms. The van der Waals surface area contributed by atoms with E-state index in [4.69, 9.17) is 5.14 Å². The third kappa shape index (κ3) is 2.90. The van der Waals surface area contributed by atoms with Crippen LogP contribution < -0.4 is 5.14 Å². The maximum atomic E-state index is 11.9. The van der Waals surface area contributed by atoms with Crippen LogP contribution in [0.15, 0.2) is 24.3 Å². The van der Waals surface area contributed by atoms with Gasteiger partial charge in [0.1, 0.15) is 5.25 Å². The van der Waals surface area contributed by atoms with Crippen LogP contribution in [0, 0.1) is 6.92 Å². The molecule has 0 aliphatic rings. The number of ketones is 1. The fraction of sp³-hybridized carbons (Fsp3) is 0.364. The van der Waals surface area contributed by atoms with Crippen LogP contribution in [0.1, 0.15) is 29.3 Å². The van der Waals surface area contributed by atoms with E-state index in [2.05, 4.69) is 0 Å². The molecule has 2 N–H and O–H groups in total. The second kappa shape index (κ2) is 4.76. The molecule has 0 saturated heterocycles. The Hall–Kier alpha value is -1.20. The van der Waals surface area contributed by atoms with Crippen molar-refractivity contribution >= 4 is 15.8 Å². The van der Waals surface area contributed by atoms with Crippen LogP contribution in [-0.4, -0.2) is 19.5 Å². The average molecular weight is 241 g/mol. The highest BCUT2D eigenvalue weighted by Crippen LogP contribution is 2.12. The van der Waals surface area contributed by atoms with Gasteiger partial charge in [-0.3, -0.25) is 4.79 Å². The number of rotatable bonds is 4. The molecule has 0 saturated carbocycles. The number of hydrogen-bond donors (Lipinski definition) is 1. The quantitative estimate of drug-likeness (QED) is 0.806. The molecule has 0 amide bonds. The molecule has 1 rings (SSSR count). The standard InChI is InChI=1S/C11H15NO3S/c1-3-10(16(12,14)15)11(13)9-6-4-8(2)5-7-9/h4-7,10H,3H2,1-2H3,(H2,12,14,15). The number of carbonyl (C=O) groups excluding carboxylic acids is 1. The number of Topliss-reactive ketones (excluding diaryl/α,β-unsaturated/α-hetero) is 1. The number of nitrogens with two attached hydrogens (primary N) is 1. The lowest BCUT2D eigenvalue weighted by molar-refractivity contribution is 0.0985. The first kappa shape index (κ1) is 12.9. The summed E-state index contributed by atoms with van der Waals surface area (Å²) in [6.07, 6.45) is 0.186. The number of hydrogen-bond acceptors (Lipinski definition) is 3. The van der Waals surface area contributed by atoms with E-state index in [1.807, 2.05) is 6.92 Å². The summed E-state index contributed by atoms with van der Waals surface area (Å²) in [6, 6.07) is 6.77. The molecule has 0 aliphatic heterocycles. The first-order valence-corrected chi connectivity index (χ1v) is 6.59. The van der Waals surface area contributed by atoms with Crippen molar-refractivity contribution in [1.82, 2.24) is 0 Å². The van der Waals surface area contributed by atoms with Gasteiger partial charge in [0.25, 0.3) is 0 Å². The van der Waals surface area contributed by atoms with Gasteiger partial charge in [-0.2, -0.15) is 0 Å². The lowest BCUT2D eigenvalue weighted by Gasteiger charge is -2.11. The van der Waals surface area contributed by atoms with Crippen LogP contribution in [-0.2, 0) is 10.0 Å². The summed E-state index contributed by atoms with van der Waals surface area (Å²) in [4.78, 5) is 11.9. The molecular formula is C11H15NO3S. The lowest BCUT2D eigenvalue weighted by Crippen LogP contribution is -2.35. The smallest absolute Gasteiger partial charge is 0.219 e. The van der Waals surface area contributed by atoms with E-state index in [0.29, 0.717) is 5.56 Å². The van der Waals surface area contributed by atoms with Gasteiger partial charge in [0.15, 0.2) is 5.78 Å². The number of primary sulfonamides is 1. The normalized spacial score (nSPS) is 13.4. The van der Waals surface area contributed by atoms with Crippen LogP contribution in [0.2, 0.25) is 0 Å². The number of carbonyl (C=O) groups is 1. The minimum absolute atomic E-state index is 0.186. The molecule has 88 valence electrons. The maximum Gasteiger partial charge on any atom is 0.219 e. The third-order valence-electron chi connectivity index (χ3n) is 2.40. The summed E-state index contributed by atoms with van der Waals surface area (Å²) in [5.41, 5.74) is 1.40. The highest BCUT2D eigenvalue weighted by molar-refractivity contribution is 7.90. The highest BCUT2D eigenvalue weighted by Gasteiger charge is 2.28. The fourth-order valence-corrected chi connectivity index (χ4v) is 2.37. The molecule has 0 bridgehead atoms. The maximum absolute atomic E-state index is 11.9. The Labute approximate surface area is 95.5 Å². The monoisotopic (exact) mass is 241 g/mol. The van der Waals surface area contributed by atoms with Gasteiger partial charge in [-0.15, -0.1) is 0 Å². The van der Waals surface area contributed by atoms with E-state index in [0.717, 1.165) is 5.56 Å². The number of benzene rings is 1. The predicted octanol–water partition coefficient (Wildman–Crippen LogP) is 1.24. The van der Waals surface area contributed by atoms with E-state index in [1.54, 1.807) is 31.2 Å². The third-order valence-corrected chi connectivity index (χ3v) is 3.74. The Balaban J connectivity index is 3.06. The number of aryl methyl sites for hydroxylation is 1. The van der Waals surface area contributed by atoms with Crippen LogP contribution in [0.3, 0.4) is 0 Å². The summed E-state index contributed by atoms with van der Waals surface area (Å²) in [6.45, 7) is 3.52. The van der Waals surface area contributed by atoms with Gasteiger partial charge in [0.05, 0.1) is 0 Å². The Morgan fingerprint density at radius 3 is 2.19 bits per heavy atom. The summed E-state index contributed by atoms with van der Waals surface area (Å²) in [5.74, 6) is -0.440. The molecular weight excluding hydrogens is 226 g/mol. The minimum Gasteiger partial charge on any atom is -0.293 e. The summed E-state index contributed by atoms with van der Waals surface area (Å²) >= 11 is 0. The number of sulfonamides is 1. The zero-order valence-corrected chi connectivity index (χ0v) is 10.1. The Morgan fingerprint density at radius 2 is 1.81 bits per heavy atom. The van der Waals surface area contributed by atoms with Gasteiger partial charge in [0.2, 0.25) is 10.0 Å². The van der Waals surface area contributed by atoms with Gasteiger partial charge in [-0.05, 0) is 13.3 Å². The lowest BCUT2D eigenvalue weighted by atomic mass is 10.1. The van der Waals surface area contributed by atoms with Crippen LogP contribution in [0.4, 0.5) is 0 Å². The van der Waals surface area contributed by atoms with Gasteiger partial charge in [-0.25, -0.2) is 13.6 Å². The second-order valence-corrected chi connectivity index (χ2v) is 5.46.